The van der Waals surface area contributed by atoms with Crippen LogP contribution in [-0.2, 0) is 12.2 Å². The normalized spacial score (nSPS) is 18.9. The largest absolute Gasteiger partial charge is 0.488 e. The number of nitrogens with one attached hydrogen (secondary N) is 1. The molecule has 1 atom stereocenters. The summed E-state index contributed by atoms with van der Waals surface area (Å²) < 4.78 is 5.75. The van der Waals surface area contributed by atoms with Crippen LogP contribution in [0.1, 0.15) is 16.7 Å². The summed E-state index contributed by atoms with van der Waals surface area (Å²) in [6.07, 6.45) is 0. The molecule has 1 aliphatic heterocycles. The van der Waals surface area contributed by atoms with Gasteiger partial charge in [0, 0.05) is 36.3 Å². The number of rotatable bonds is 5. The zero-order valence-corrected chi connectivity index (χ0v) is 12.9. The molecule has 2 aromatic carbocycles. The number of aliphatic hydroxyl groups excluding tert-OH is 1. The van der Waals surface area contributed by atoms with Gasteiger partial charge >= 0.3 is 0 Å². The zero-order chi connectivity index (χ0) is 17.2. The number of aliphatic hydroxyl groups is 2. The van der Waals surface area contributed by atoms with Gasteiger partial charge in [-0.05, 0) is 17.7 Å². The van der Waals surface area contributed by atoms with Gasteiger partial charge in [0.15, 0.2) is 0 Å². The number of fused-ring (bicyclic) bond motifs is 2. The molecular formula is C17H18N2O5. The van der Waals surface area contributed by atoms with E-state index >= 15 is 0 Å². The fraction of sp³-hybridized carbons (Fsp3) is 0.294. The molecule has 0 bridgehead atoms. The highest BCUT2D eigenvalue weighted by molar-refractivity contribution is 5.52. The van der Waals surface area contributed by atoms with Crippen LogP contribution in [0.25, 0.3) is 0 Å². The highest BCUT2D eigenvalue weighted by atomic mass is 16.6. The van der Waals surface area contributed by atoms with Crippen LogP contribution in [-0.4, -0.2) is 34.8 Å². The van der Waals surface area contributed by atoms with Gasteiger partial charge in [0.1, 0.15) is 18.0 Å². The summed E-state index contributed by atoms with van der Waals surface area (Å²) in [5.41, 5.74) is 0.251. The molecule has 3 N–H and O–H groups in total. The first-order valence-corrected chi connectivity index (χ1v) is 7.60. The third-order valence-corrected chi connectivity index (χ3v) is 4.13. The van der Waals surface area contributed by atoms with Crippen molar-refractivity contribution in [3.8, 4) is 5.75 Å². The van der Waals surface area contributed by atoms with Gasteiger partial charge in [-0.15, -0.1) is 0 Å². The van der Waals surface area contributed by atoms with E-state index in [0.717, 1.165) is 0 Å². The third kappa shape index (κ3) is 2.84. The van der Waals surface area contributed by atoms with Crippen LogP contribution in [0.2, 0.25) is 0 Å². The molecule has 1 heterocycles. The summed E-state index contributed by atoms with van der Waals surface area (Å²) in [6.45, 7) is 0.560. The van der Waals surface area contributed by atoms with Crippen molar-refractivity contribution < 1.29 is 19.9 Å². The van der Waals surface area contributed by atoms with E-state index in [1.165, 1.54) is 12.1 Å². The second kappa shape index (κ2) is 6.56. The van der Waals surface area contributed by atoms with E-state index in [4.69, 9.17) is 9.84 Å². The Labute approximate surface area is 138 Å². The Hall–Kier alpha value is -2.48. The molecule has 0 amide bonds. The second-order valence-corrected chi connectivity index (χ2v) is 5.64. The number of para-hydroxylation sites is 1. The molecule has 7 nitrogen and oxygen atoms in total. The summed E-state index contributed by atoms with van der Waals surface area (Å²) in [6, 6.07) is 11.5. The third-order valence-electron chi connectivity index (χ3n) is 4.13. The molecule has 0 aliphatic carbocycles. The number of nitro benzene ring substituents is 1. The first-order valence-electron chi connectivity index (χ1n) is 7.60. The predicted octanol–water partition coefficient (Wildman–Crippen LogP) is 1.30. The molecule has 1 unspecified atom stereocenters. The number of ether oxygens (including phenoxy) is 1. The van der Waals surface area contributed by atoms with Crippen molar-refractivity contribution in [3.05, 3.63) is 69.3 Å². The first kappa shape index (κ1) is 16.4. The average molecular weight is 330 g/mol. The van der Waals surface area contributed by atoms with Crippen molar-refractivity contribution in [1.29, 1.82) is 0 Å². The van der Waals surface area contributed by atoms with Crippen LogP contribution in [0, 0.1) is 10.1 Å². The molecule has 0 aromatic heterocycles. The van der Waals surface area contributed by atoms with Gasteiger partial charge in [-0.1, -0.05) is 18.2 Å². The maximum Gasteiger partial charge on any atom is 0.269 e. The summed E-state index contributed by atoms with van der Waals surface area (Å²) in [5.74, 6) is 0.532. The summed E-state index contributed by atoms with van der Waals surface area (Å²) in [4.78, 5) is 10.6. The molecule has 7 heteroatoms. The quantitative estimate of drug-likeness (QED) is 0.434. The molecule has 1 aliphatic rings. The Kier molecular flexibility index (Phi) is 4.48. The SMILES string of the molecule is O=[N+]([O-])c1ccc2c(c1)COc1ccccc1C2(O)CNCCO. The molecule has 3 rings (SSSR count). The lowest BCUT2D eigenvalue weighted by Gasteiger charge is -2.30. The van der Waals surface area contributed by atoms with Gasteiger partial charge in [0.2, 0.25) is 0 Å². The van der Waals surface area contributed by atoms with Gasteiger partial charge in [0.25, 0.3) is 5.69 Å². The number of nitro groups is 1. The van der Waals surface area contributed by atoms with Crippen LogP contribution in [0.5, 0.6) is 5.75 Å². The van der Waals surface area contributed by atoms with Crippen molar-refractivity contribution in [2.75, 3.05) is 19.7 Å². The molecule has 2 aromatic rings. The highest BCUT2D eigenvalue weighted by Crippen LogP contribution is 2.41. The van der Waals surface area contributed by atoms with Gasteiger partial charge in [0.05, 0.1) is 11.5 Å². The van der Waals surface area contributed by atoms with Crippen molar-refractivity contribution in [2.24, 2.45) is 0 Å². The summed E-state index contributed by atoms with van der Waals surface area (Å²) in [7, 11) is 0. The Morgan fingerprint density at radius 1 is 1.25 bits per heavy atom. The van der Waals surface area contributed by atoms with E-state index in [-0.39, 0.29) is 25.4 Å². The summed E-state index contributed by atoms with van der Waals surface area (Å²) in [5, 5.41) is 34.4. The Bertz CT molecular complexity index is 764. The molecule has 0 saturated heterocycles. The minimum Gasteiger partial charge on any atom is -0.488 e. The van der Waals surface area contributed by atoms with Gasteiger partial charge in [-0.25, -0.2) is 0 Å². The number of benzene rings is 2. The van der Waals surface area contributed by atoms with Crippen molar-refractivity contribution in [3.63, 3.8) is 0 Å². The van der Waals surface area contributed by atoms with Crippen LogP contribution in [0.15, 0.2) is 42.5 Å². The Morgan fingerprint density at radius 2 is 2.04 bits per heavy atom. The Balaban J connectivity index is 2.12. The van der Waals surface area contributed by atoms with Crippen LogP contribution in [0.4, 0.5) is 5.69 Å². The number of nitrogens with zero attached hydrogens (tertiary/aromatic N) is 1. The minimum atomic E-state index is -1.41. The molecule has 24 heavy (non-hydrogen) atoms. The maximum absolute atomic E-state index is 11.4. The number of hydrogen-bond acceptors (Lipinski definition) is 6. The van der Waals surface area contributed by atoms with Crippen LogP contribution < -0.4 is 10.1 Å². The first-order chi connectivity index (χ1) is 11.6. The van der Waals surface area contributed by atoms with E-state index in [1.807, 2.05) is 0 Å². The van der Waals surface area contributed by atoms with Crippen LogP contribution in [0.3, 0.4) is 0 Å². The number of non-ortho nitro benzene ring substituents is 1. The lowest BCUT2D eigenvalue weighted by Crippen LogP contribution is -2.40. The van der Waals surface area contributed by atoms with E-state index in [9.17, 15) is 15.2 Å². The Morgan fingerprint density at radius 3 is 2.79 bits per heavy atom. The average Bonchev–Trinajstić information content (AvgIpc) is 2.71. The molecular weight excluding hydrogens is 312 g/mol. The maximum atomic E-state index is 11.4. The zero-order valence-electron chi connectivity index (χ0n) is 12.9. The van der Waals surface area contributed by atoms with Crippen molar-refractivity contribution in [2.45, 2.75) is 12.2 Å². The molecule has 0 saturated carbocycles. The number of hydrogen-bond donors (Lipinski definition) is 3. The van der Waals surface area contributed by atoms with Gasteiger partial charge in [-0.2, -0.15) is 0 Å². The van der Waals surface area contributed by atoms with Gasteiger partial charge < -0.3 is 20.3 Å². The van der Waals surface area contributed by atoms with Crippen molar-refractivity contribution >= 4 is 5.69 Å². The van der Waals surface area contributed by atoms with Crippen LogP contribution >= 0.6 is 0 Å². The van der Waals surface area contributed by atoms with E-state index in [1.54, 1.807) is 30.3 Å². The lowest BCUT2D eigenvalue weighted by atomic mass is 9.83. The minimum absolute atomic E-state index is 0.0472. The topological polar surface area (TPSA) is 105 Å². The summed E-state index contributed by atoms with van der Waals surface area (Å²) >= 11 is 0. The fourth-order valence-electron chi connectivity index (χ4n) is 2.99. The van der Waals surface area contributed by atoms with Gasteiger partial charge in [-0.3, -0.25) is 10.1 Å². The molecule has 0 radical (unpaired) electrons. The van der Waals surface area contributed by atoms with E-state index in [2.05, 4.69) is 5.32 Å². The molecule has 0 fully saturated rings. The van der Waals surface area contributed by atoms with E-state index < -0.39 is 10.5 Å². The monoisotopic (exact) mass is 330 g/mol. The molecule has 126 valence electrons. The predicted molar refractivity (Wildman–Crippen MR) is 86.8 cm³/mol. The van der Waals surface area contributed by atoms with E-state index in [0.29, 0.717) is 29.0 Å². The van der Waals surface area contributed by atoms with Crippen molar-refractivity contribution in [1.82, 2.24) is 5.32 Å². The highest BCUT2D eigenvalue weighted by Gasteiger charge is 2.38. The lowest BCUT2D eigenvalue weighted by molar-refractivity contribution is -0.385. The standard InChI is InChI=1S/C17H18N2O5/c20-8-7-18-11-17(21)14-6-5-13(19(22)23)9-12(14)10-24-16-4-2-1-3-15(16)17/h1-6,9,18,20-21H,7-8,10-11H2. The smallest absolute Gasteiger partial charge is 0.269 e. The second-order valence-electron chi connectivity index (χ2n) is 5.64. The fourth-order valence-corrected chi connectivity index (χ4v) is 2.99. The molecule has 0 spiro atoms.